The summed E-state index contributed by atoms with van der Waals surface area (Å²) >= 11 is 4.17. The Morgan fingerprint density at radius 2 is 2.00 bits per heavy atom. The van der Waals surface area contributed by atoms with Crippen LogP contribution < -0.4 is 22.3 Å². The molecule has 0 fully saturated rings. The molecule has 1 aromatic carbocycles. The molecule has 0 bridgehead atoms. The van der Waals surface area contributed by atoms with Crippen LogP contribution in [0.25, 0.3) is 4.83 Å². The largest absolute Gasteiger partial charge is 0.384 e. The van der Waals surface area contributed by atoms with Crippen molar-refractivity contribution in [3.05, 3.63) is 95.4 Å². The Morgan fingerprint density at radius 1 is 1.25 bits per heavy atom. The van der Waals surface area contributed by atoms with E-state index in [0.717, 1.165) is 21.5 Å². The number of aryl methyl sites for hydroxylation is 1. The number of fused-ring (bicyclic) bond motifs is 1. The highest BCUT2D eigenvalue weighted by atomic mass is 79.9. The molecule has 0 saturated heterocycles. The van der Waals surface area contributed by atoms with Crippen LogP contribution in [0.2, 0.25) is 0 Å². The molecule has 0 radical (unpaired) electrons. The quantitative estimate of drug-likeness (QED) is 0.422. The first-order chi connectivity index (χ1) is 15.2. The normalized spacial score (nSPS) is 11.1. The van der Waals surface area contributed by atoms with Gasteiger partial charge in [-0.2, -0.15) is 0 Å². The molecule has 0 atom stereocenters. The molecule has 4 aromatic rings. The minimum absolute atomic E-state index is 0.0260. The van der Waals surface area contributed by atoms with Crippen molar-refractivity contribution in [3.63, 3.8) is 0 Å². The van der Waals surface area contributed by atoms with Gasteiger partial charge in [0.05, 0.1) is 11.0 Å². The first kappa shape index (κ1) is 21.9. The summed E-state index contributed by atoms with van der Waals surface area (Å²) < 4.78 is 16.1. The Balaban J connectivity index is 1.65. The van der Waals surface area contributed by atoms with Gasteiger partial charge >= 0.3 is 5.69 Å². The SMILES string of the molecule is Cc1c(=O)n(Cc2ccc(F)c(Br)c2)c(=O)n2cc(C(=O)NCc3ccc(N)nc3)sc12. The van der Waals surface area contributed by atoms with E-state index in [0.29, 0.717) is 21.8 Å². The van der Waals surface area contributed by atoms with Crippen molar-refractivity contribution in [3.8, 4) is 0 Å². The molecule has 3 N–H and O–H groups in total. The summed E-state index contributed by atoms with van der Waals surface area (Å²) in [5, 5.41) is 2.76. The third-order valence-electron chi connectivity index (χ3n) is 4.84. The topological polar surface area (TPSA) is 111 Å². The molecule has 0 aliphatic carbocycles. The number of thiazole rings is 1. The summed E-state index contributed by atoms with van der Waals surface area (Å²) in [6.45, 7) is 1.81. The van der Waals surface area contributed by atoms with Crippen molar-refractivity contribution < 1.29 is 9.18 Å². The molecule has 0 saturated carbocycles. The Morgan fingerprint density at radius 3 is 2.69 bits per heavy atom. The van der Waals surface area contributed by atoms with Gasteiger partial charge < -0.3 is 11.1 Å². The van der Waals surface area contributed by atoms with Crippen LogP contribution >= 0.6 is 27.3 Å². The third kappa shape index (κ3) is 4.21. The molecular weight excluding hydrogens is 501 g/mol. The van der Waals surface area contributed by atoms with Gasteiger partial charge in [-0.1, -0.05) is 12.1 Å². The van der Waals surface area contributed by atoms with Crippen molar-refractivity contribution in [1.29, 1.82) is 0 Å². The fraction of sp³-hybridized carbons (Fsp3) is 0.143. The van der Waals surface area contributed by atoms with E-state index < -0.39 is 17.1 Å². The number of amides is 1. The number of rotatable bonds is 5. The molecule has 0 unspecified atom stereocenters. The van der Waals surface area contributed by atoms with E-state index in [1.807, 2.05) is 0 Å². The lowest BCUT2D eigenvalue weighted by molar-refractivity contribution is 0.0954. The Hall–Kier alpha value is -3.31. The molecule has 32 heavy (non-hydrogen) atoms. The van der Waals surface area contributed by atoms with E-state index in [9.17, 15) is 18.8 Å². The second-order valence-electron chi connectivity index (χ2n) is 7.09. The Kier molecular flexibility index (Phi) is 5.94. The van der Waals surface area contributed by atoms with Crippen LogP contribution in [-0.4, -0.2) is 19.9 Å². The zero-order valence-corrected chi connectivity index (χ0v) is 19.2. The minimum Gasteiger partial charge on any atom is -0.384 e. The van der Waals surface area contributed by atoms with Crippen LogP contribution in [0.15, 0.2) is 56.8 Å². The van der Waals surface area contributed by atoms with E-state index in [-0.39, 0.29) is 28.3 Å². The lowest BCUT2D eigenvalue weighted by atomic mass is 10.2. The molecule has 0 aliphatic heterocycles. The molecule has 0 spiro atoms. The van der Waals surface area contributed by atoms with Gasteiger partial charge in [-0.25, -0.2) is 14.2 Å². The first-order valence-electron chi connectivity index (χ1n) is 9.42. The summed E-state index contributed by atoms with van der Waals surface area (Å²) in [5.41, 5.74) is 6.22. The van der Waals surface area contributed by atoms with Crippen molar-refractivity contribution in [2.24, 2.45) is 0 Å². The van der Waals surface area contributed by atoms with Gasteiger partial charge in [-0.05, 0) is 52.2 Å². The lowest BCUT2D eigenvalue weighted by Crippen LogP contribution is -2.38. The number of halogens is 2. The van der Waals surface area contributed by atoms with Crippen LogP contribution in [0.5, 0.6) is 0 Å². The van der Waals surface area contributed by atoms with E-state index in [1.165, 1.54) is 28.8 Å². The molecule has 0 aliphatic rings. The van der Waals surface area contributed by atoms with E-state index in [2.05, 4.69) is 26.2 Å². The standard InChI is InChI=1S/C21H17BrFN5O3S/c1-11-19(30)27(9-12-2-4-15(23)14(22)6-12)21(31)28-10-16(32-20(11)28)18(29)26-8-13-3-5-17(24)25-7-13/h2-7,10H,8-9H2,1H3,(H2,24,25)(H,26,29). The molecule has 1 amide bonds. The molecule has 4 rings (SSSR count). The molecule has 8 nitrogen and oxygen atoms in total. The number of carbonyl (C=O) groups excluding carboxylic acids is 1. The van der Waals surface area contributed by atoms with Crippen LogP contribution in [0, 0.1) is 12.7 Å². The number of nitrogen functional groups attached to an aromatic ring is 1. The van der Waals surface area contributed by atoms with Crippen LogP contribution in [0.1, 0.15) is 26.4 Å². The number of hydrogen-bond acceptors (Lipinski definition) is 6. The highest BCUT2D eigenvalue weighted by molar-refractivity contribution is 9.10. The fourth-order valence-corrected chi connectivity index (χ4v) is 4.57. The number of nitrogens with two attached hydrogens (primary N) is 1. The van der Waals surface area contributed by atoms with Gasteiger partial charge in [0.15, 0.2) is 0 Å². The van der Waals surface area contributed by atoms with Crippen molar-refractivity contribution in [1.82, 2.24) is 19.3 Å². The Labute approximate surface area is 193 Å². The molecular formula is C21H17BrFN5O3S. The summed E-state index contributed by atoms with van der Waals surface area (Å²) in [7, 11) is 0. The summed E-state index contributed by atoms with van der Waals surface area (Å²) in [6, 6.07) is 7.68. The third-order valence-corrected chi connectivity index (χ3v) is 6.66. The van der Waals surface area contributed by atoms with Crippen molar-refractivity contribution in [2.75, 3.05) is 5.73 Å². The average molecular weight is 518 g/mol. The number of hydrogen-bond donors (Lipinski definition) is 2. The number of nitrogens with one attached hydrogen (secondary N) is 1. The van der Waals surface area contributed by atoms with E-state index in [4.69, 9.17) is 5.73 Å². The second kappa shape index (κ2) is 8.67. The molecule has 164 valence electrons. The number of anilines is 1. The number of aromatic nitrogens is 3. The van der Waals surface area contributed by atoms with Crippen LogP contribution in [-0.2, 0) is 13.1 Å². The predicted octanol–water partition coefficient (Wildman–Crippen LogP) is 2.69. The van der Waals surface area contributed by atoms with Gasteiger partial charge in [0.1, 0.15) is 21.3 Å². The number of benzene rings is 1. The smallest absolute Gasteiger partial charge is 0.336 e. The lowest BCUT2D eigenvalue weighted by Gasteiger charge is -2.08. The van der Waals surface area contributed by atoms with E-state index in [1.54, 1.807) is 25.3 Å². The van der Waals surface area contributed by atoms with Crippen molar-refractivity contribution >= 4 is 43.8 Å². The number of carbonyl (C=O) groups is 1. The molecule has 3 heterocycles. The zero-order chi connectivity index (χ0) is 23.0. The number of nitrogens with zero attached hydrogens (tertiary/aromatic N) is 3. The average Bonchev–Trinajstić information content (AvgIpc) is 3.23. The minimum atomic E-state index is -0.575. The maximum absolute atomic E-state index is 13.5. The highest BCUT2D eigenvalue weighted by Gasteiger charge is 2.18. The maximum Gasteiger partial charge on any atom is 0.336 e. The predicted molar refractivity (Wildman–Crippen MR) is 124 cm³/mol. The summed E-state index contributed by atoms with van der Waals surface area (Å²) in [6.07, 6.45) is 2.98. The van der Waals surface area contributed by atoms with Crippen molar-refractivity contribution in [2.45, 2.75) is 20.0 Å². The first-order valence-corrected chi connectivity index (χ1v) is 11.0. The summed E-state index contributed by atoms with van der Waals surface area (Å²) in [5.74, 6) is -0.433. The van der Waals surface area contributed by atoms with Gasteiger partial charge in [0.2, 0.25) is 0 Å². The van der Waals surface area contributed by atoms with Gasteiger partial charge in [-0.3, -0.25) is 18.6 Å². The Bertz CT molecular complexity index is 1460. The van der Waals surface area contributed by atoms with Gasteiger partial charge in [0.25, 0.3) is 11.5 Å². The van der Waals surface area contributed by atoms with E-state index >= 15 is 0 Å². The summed E-state index contributed by atoms with van der Waals surface area (Å²) in [4.78, 5) is 43.1. The fourth-order valence-electron chi connectivity index (χ4n) is 3.14. The van der Waals surface area contributed by atoms with Crippen LogP contribution in [0.3, 0.4) is 0 Å². The monoisotopic (exact) mass is 517 g/mol. The maximum atomic E-state index is 13.5. The van der Waals surface area contributed by atoms with Crippen LogP contribution in [0.4, 0.5) is 10.2 Å². The second-order valence-corrected chi connectivity index (χ2v) is 8.98. The number of pyridine rings is 1. The van der Waals surface area contributed by atoms with Gasteiger partial charge in [0, 0.05) is 24.5 Å². The van der Waals surface area contributed by atoms with Gasteiger partial charge in [-0.15, -0.1) is 11.3 Å². The zero-order valence-electron chi connectivity index (χ0n) is 16.8. The molecule has 3 aromatic heterocycles. The molecule has 11 heteroatoms. The highest BCUT2D eigenvalue weighted by Crippen LogP contribution is 2.20.